The maximum atomic E-state index is 12.9. The van der Waals surface area contributed by atoms with Gasteiger partial charge in [-0.15, -0.1) is 0 Å². The lowest BCUT2D eigenvalue weighted by Gasteiger charge is -2.11. The highest BCUT2D eigenvalue weighted by atomic mass is 16.5. The quantitative estimate of drug-likeness (QED) is 0.0480. The highest BCUT2D eigenvalue weighted by molar-refractivity contribution is 5.93. The van der Waals surface area contributed by atoms with Crippen LogP contribution in [0.4, 0.5) is 0 Å². The van der Waals surface area contributed by atoms with Crippen molar-refractivity contribution in [3.05, 3.63) is 83.4 Å². The number of hydrogen-bond acceptors (Lipinski definition) is 6. The van der Waals surface area contributed by atoms with Crippen LogP contribution in [0.15, 0.2) is 66.7 Å². The van der Waals surface area contributed by atoms with Crippen molar-refractivity contribution in [1.29, 1.82) is 0 Å². The molecule has 0 saturated heterocycles. The molecular weight excluding hydrogens is 612 g/mol. The molecule has 3 aromatic carbocycles. The molecule has 0 radical (unpaired) electrons. The second kappa shape index (κ2) is 24.4. The van der Waals surface area contributed by atoms with Gasteiger partial charge in [0.05, 0.1) is 24.3 Å². The second-order valence-electron chi connectivity index (χ2n) is 13.1. The lowest BCUT2D eigenvalue weighted by atomic mass is 10.1. The van der Waals surface area contributed by atoms with E-state index in [9.17, 15) is 9.59 Å². The predicted molar refractivity (Wildman–Crippen MR) is 199 cm³/mol. The molecule has 0 unspecified atom stereocenters. The first-order valence-electron chi connectivity index (χ1n) is 19.0. The summed E-state index contributed by atoms with van der Waals surface area (Å²) >= 11 is 0. The van der Waals surface area contributed by atoms with Crippen LogP contribution in [0.25, 0.3) is 0 Å². The molecule has 6 nitrogen and oxygen atoms in total. The number of carbonyl (C=O) groups is 2. The normalized spacial score (nSPS) is 10.9. The van der Waals surface area contributed by atoms with Gasteiger partial charge in [-0.2, -0.15) is 0 Å². The Hall–Kier alpha value is -3.80. The van der Waals surface area contributed by atoms with Crippen LogP contribution in [-0.2, 0) is 0 Å². The van der Waals surface area contributed by atoms with E-state index in [0.717, 1.165) is 30.6 Å². The van der Waals surface area contributed by atoms with Gasteiger partial charge in [0.15, 0.2) is 0 Å². The van der Waals surface area contributed by atoms with Crippen molar-refractivity contribution in [1.82, 2.24) is 0 Å². The van der Waals surface area contributed by atoms with E-state index in [1.807, 2.05) is 25.1 Å². The molecule has 6 heteroatoms. The standard InChI is InChI=1S/C43H60O6/c1-4-6-8-10-12-13-14-15-16-17-19-21-33-47-41-34-37(23-22-35(41)3)43(45)49-39-26-24-36(25-27-39)42(44)48-40-30-28-38(29-31-40)46-32-20-18-11-9-7-5-2/h22-31,34H,4-21,32-33H2,1-3H3. The van der Waals surface area contributed by atoms with Crippen molar-refractivity contribution in [2.24, 2.45) is 0 Å². The first-order chi connectivity index (χ1) is 24.0. The third-order valence-electron chi connectivity index (χ3n) is 8.78. The first kappa shape index (κ1) is 39.6. The molecule has 0 fully saturated rings. The van der Waals surface area contributed by atoms with E-state index in [4.69, 9.17) is 18.9 Å². The monoisotopic (exact) mass is 672 g/mol. The van der Waals surface area contributed by atoms with Gasteiger partial charge in [-0.05, 0) is 86.0 Å². The van der Waals surface area contributed by atoms with Crippen molar-refractivity contribution in [3.63, 3.8) is 0 Å². The molecule has 0 amide bonds. The minimum Gasteiger partial charge on any atom is -0.494 e. The van der Waals surface area contributed by atoms with E-state index in [1.54, 1.807) is 48.5 Å². The van der Waals surface area contributed by atoms with Gasteiger partial charge in [-0.1, -0.05) is 123 Å². The molecule has 0 aliphatic heterocycles. The molecule has 0 heterocycles. The molecular formula is C43H60O6. The van der Waals surface area contributed by atoms with Gasteiger partial charge < -0.3 is 18.9 Å². The number of rotatable bonds is 26. The Morgan fingerprint density at radius 1 is 0.449 bits per heavy atom. The van der Waals surface area contributed by atoms with E-state index in [-0.39, 0.29) is 0 Å². The van der Waals surface area contributed by atoms with Crippen LogP contribution >= 0.6 is 0 Å². The molecule has 0 aromatic heterocycles. The summed E-state index contributed by atoms with van der Waals surface area (Å²) in [7, 11) is 0. The highest BCUT2D eigenvalue weighted by Crippen LogP contribution is 2.23. The van der Waals surface area contributed by atoms with Crippen LogP contribution < -0.4 is 18.9 Å². The summed E-state index contributed by atoms with van der Waals surface area (Å²) in [6.07, 6.45) is 22.9. The average molecular weight is 673 g/mol. The molecule has 0 aliphatic rings. The molecule has 3 rings (SSSR count). The van der Waals surface area contributed by atoms with Gasteiger partial charge in [0, 0.05) is 0 Å². The zero-order chi connectivity index (χ0) is 34.9. The number of carbonyl (C=O) groups excluding carboxylic acids is 2. The zero-order valence-electron chi connectivity index (χ0n) is 30.4. The van der Waals surface area contributed by atoms with Gasteiger partial charge in [0.2, 0.25) is 0 Å². The number of unbranched alkanes of at least 4 members (excludes halogenated alkanes) is 16. The fraction of sp³-hybridized carbons (Fsp3) is 0.535. The molecule has 0 aliphatic carbocycles. The van der Waals surface area contributed by atoms with Gasteiger partial charge in [-0.25, -0.2) is 9.59 Å². The fourth-order valence-corrected chi connectivity index (χ4v) is 5.68. The van der Waals surface area contributed by atoms with Crippen LogP contribution in [0.5, 0.6) is 23.0 Å². The minimum absolute atomic E-state index is 0.341. The Bertz CT molecular complexity index is 1330. The summed E-state index contributed by atoms with van der Waals surface area (Å²) in [4.78, 5) is 25.6. The first-order valence-corrected chi connectivity index (χ1v) is 19.0. The molecule has 268 valence electrons. The SMILES string of the molecule is CCCCCCCCCCCCCCOc1cc(C(=O)Oc2ccc(C(=O)Oc3ccc(OCCCCCCCC)cc3)cc2)ccc1C. The van der Waals surface area contributed by atoms with Crippen LogP contribution in [-0.4, -0.2) is 25.2 Å². The van der Waals surface area contributed by atoms with Crippen LogP contribution in [0, 0.1) is 6.92 Å². The summed E-state index contributed by atoms with van der Waals surface area (Å²) in [5.41, 5.74) is 1.75. The molecule has 0 spiro atoms. The van der Waals surface area contributed by atoms with Crippen LogP contribution in [0.3, 0.4) is 0 Å². The van der Waals surface area contributed by atoms with E-state index in [1.165, 1.54) is 96.3 Å². The lowest BCUT2D eigenvalue weighted by Crippen LogP contribution is -2.11. The molecule has 3 aromatic rings. The summed E-state index contributed by atoms with van der Waals surface area (Å²) in [5.74, 6) is 1.26. The number of hydrogen-bond donors (Lipinski definition) is 0. The van der Waals surface area contributed by atoms with Gasteiger partial charge in [0.1, 0.15) is 23.0 Å². The smallest absolute Gasteiger partial charge is 0.343 e. The largest absolute Gasteiger partial charge is 0.494 e. The lowest BCUT2D eigenvalue weighted by molar-refractivity contribution is 0.0730. The Morgan fingerprint density at radius 3 is 1.35 bits per heavy atom. The van der Waals surface area contributed by atoms with Crippen LogP contribution in [0.2, 0.25) is 0 Å². The summed E-state index contributed by atoms with van der Waals surface area (Å²) < 4.78 is 23.0. The molecule has 49 heavy (non-hydrogen) atoms. The molecule has 0 bridgehead atoms. The summed E-state index contributed by atoms with van der Waals surface area (Å²) in [6.45, 7) is 7.77. The highest BCUT2D eigenvalue weighted by Gasteiger charge is 2.14. The fourth-order valence-electron chi connectivity index (χ4n) is 5.68. The minimum atomic E-state index is -0.493. The van der Waals surface area contributed by atoms with Gasteiger partial charge in [-0.3, -0.25) is 0 Å². The van der Waals surface area contributed by atoms with E-state index >= 15 is 0 Å². The van der Waals surface area contributed by atoms with Crippen molar-refractivity contribution < 1.29 is 28.5 Å². The second-order valence-corrected chi connectivity index (χ2v) is 13.1. The Labute approximate surface area is 295 Å². The van der Waals surface area contributed by atoms with Gasteiger partial charge in [0.25, 0.3) is 0 Å². The van der Waals surface area contributed by atoms with Crippen molar-refractivity contribution in [2.45, 2.75) is 136 Å². The van der Waals surface area contributed by atoms with Crippen molar-refractivity contribution >= 4 is 11.9 Å². The summed E-state index contributed by atoms with van der Waals surface area (Å²) in [5, 5.41) is 0. The van der Waals surface area contributed by atoms with E-state index < -0.39 is 11.9 Å². The third kappa shape index (κ3) is 16.4. The number of esters is 2. The van der Waals surface area contributed by atoms with E-state index in [2.05, 4.69) is 13.8 Å². The maximum absolute atomic E-state index is 12.9. The van der Waals surface area contributed by atoms with E-state index in [0.29, 0.717) is 41.6 Å². The number of ether oxygens (including phenoxy) is 4. The number of benzene rings is 3. The Kier molecular flexibility index (Phi) is 19.7. The zero-order valence-corrected chi connectivity index (χ0v) is 30.4. The molecule has 0 N–H and O–H groups in total. The topological polar surface area (TPSA) is 71.1 Å². The van der Waals surface area contributed by atoms with Gasteiger partial charge >= 0.3 is 11.9 Å². The predicted octanol–water partition coefficient (Wildman–Crippen LogP) is 12.3. The maximum Gasteiger partial charge on any atom is 0.343 e. The molecule has 0 atom stereocenters. The van der Waals surface area contributed by atoms with Crippen LogP contribution in [0.1, 0.15) is 156 Å². The Morgan fingerprint density at radius 2 is 0.837 bits per heavy atom. The molecule has 0 saturated carbocycles. The third-order valence-corrected chi connectivity index (χ3v) is 8.78. The summed E-state index contributed by atoms with van der Waals surface area (Å²) in [6, 6.07) is 18.8. The average Bonchev–Trinajstić information content (AvgIpc) is 3.11. The Balaban J connectivity index is 1.34. The number of aryl methyl sites for hydroxylation is 1. The van der Waals surface area contributed by atoms with Crippen molar-refractivity contribution in [3.8, 4) is 23.0 Å². The van der Waals surface area contributed by atoms with Crippen molar-refractivity contribution in [2.75, 3.05) is 13.2 Å².